The van der Waals surface area contributed by atoms with Crippen LogP contribution < -0.4 is 0 Å². The molecule has 0 fully saturated rings. The summed E-state index contributed by atoms with van der Waals surface area (Å²) in [6.45, 7) is 0. The molecule has 0 aliphatic carbocycles. The van der Waals surface area contributed by atoms with Gasteiger partial charge < -0.3 is 4.74 Å². The predicted molar refractivity (Wildman–Crippen MR) is 38.8 cm³/mol. The van der Waals surface area contributed by atoms with Crippen LogP contribution in [0, 0.1) is 6.07 Å². The molecular formula is C8H8NO2. The molecule has 1 heterocycles. The van der Waals surface area contributed by atoms with E-state index in [1.165, 1.54) is 13.3 Å². The third-order valence-corrected chi connectivity index (χ3v) is 1.23. The average molecular weight is 150 g/mol. The van der Waals surface area contributed by atoms with E-state index in [4.69, 9.17) is 0 Å². The average Bonchev–Trinajstić information content (AvgIpc) is 2.06. The minimum Gasteiger partial charge on any atom is -0.469 e. The Kier molecular flexibility index (Phi) is 2.60. The van der Waals surface area contributed by atoms with Gasteiger partial charge in [0.15, 0.2) is 0 Å². The van der Waals surface area contributed by atoms with Gasteiger partial charge in [0, 0.05) is 12.3 Å². The minimum atomic E-state index is -0.274. The van der Waals surface area contributed by atoms with Gasteiger partial charge in [0.25, 0.3) is 0 Å². The SMILES string of the molecule is COC(=O)Cc1cc[c]cn1. The molecule has 11 heavy (non-hydrogen) atoms. The molecule has 0 aliphatic rings. The number of methoxy groups -OCH3 is 1. The van der Waals surface area contributed by atoms with Gasteiger partial charge in [0.05, 0.1) is 19.2 Å². The molecule has 0 aromatic carbocycles. The van der Waals surface area contributed by atoms with Gasteiger partial charge in [-0.15, -0.1) is 0 Å². The highest BCUT2D eigenvalue weighted by Gasteiger charge is 2.01. The zero-order chi connectivity index (χ0) is 8.10. The van der Waals surface area contributed by atoms with Crippen molar-refractivity contribution >= 4 is 5.97 Å². The normalized spacial score (nSPS) is 9.18. The van der Waals surface area contributed by atoms with Crippen LogP contribution in [-0.2, 0) is 16.0 Å². The number of hydrogen-bond acceptors (Lipinski definition) is 3. The highest BCUT2D eigenvalue weighted by Crippen LogP contribution is 1.94. The first-order valence-corrected chi connectivity index (χ1v) is 3.20. The topological polar surface area (TPSA) is 39.2 Å². The first-order valence-electron chi connectivity index (χ1n) is 3.20. The predicted octanol–water partition coefficient (Wildman–Crippen LogP) is 0.597. The van der Waals surface area contributed by atoms with Crippen molar-refractivity contribution in [2.75, 3.05) is 7.11 Å². The number of hydrogen-bond donors (Lipinski definition) is 0. The van der Waals surface area contributed by atoms with Crippen LogP contribution in [0.3, 0.4) is 0 Å². The monoisotopic (exact) mass is 150 g/mol. The van der Waals surface area contributed by atoms with E-state index in [9.17, 15) is 4.79 Å². The molecule has 57 valence electrons. The molecule has 0 N–H and O–H groups in total. The van der Waals surface area contributed by atoms with E-state index in [-0.39, 0.29) is 12.4 Å². The standard InChI is InChI=1S/C8H8NO2/c1-11-8(10)6-7-4-2-3-5-9-7/h2,4-5H,6H2,1H3. The summed E-state index contributed by atoms with van der Waals surface area (Å²) in [4.78, 5) is 14.6. The third kappa shape index (κ3) is 2.37. The van der Waals surface area contributed by atoms with Crippen molar-refractivity contribution in [1.29, 1.82) is 0 Å². The van der Waals surface area contributed by atoms with E-state index in [0.717, 1.165) is 0 Å². The van der Waals surface area contributed by atoms with Gasteiger partial charge in [0.1, 0.15) is 0 Å². The zero-order valence-corrected chi connectivity index (χ0v) is 6.20. The molecular weight excluding hydrogens is 142 g/mol. The van der Waals surface area contributed by atoms with Crippen molar-refractivity contribution in [3.05, 3.63) is 30.1 Å². The van der Waals surface area contributed by atoms with Crippen LogP contribution in [0.25, 0.3) is 0 Å². The van der Waals surface area contributed by atoms with Crippen molar-refractivity contribution < 1.29 is 9.53 Å². The Balaban J connectivity index is 2.58. The number of ether oxygens (including phenoxy) is 1. The fourth-order valence-electron chi connectivity index (χ4n) is 0.675. The molecule has 1 aromatic heterocycles. The second-order valence-corrected chi connectivity index (χ2v) is 2.00. The van der Waals surface area contributed by atoms with E-state index >= 15 is 0 Å². The summed E-state index contributed by atoms with van der Waals surface area (Å²) >= 11 is 0. The number of rotatable bonds is 2. The Bertz CT molecular complexity index is 233. The molecule has 0 amide bonds. The summed E-state index contributed by atoms with van der Waals surface area (Å²) in [5, 5.41) is 0. The summed E-state index contributed by atoms with van der Waals surface area (Å²) in [5.74, 6) is -0.274. The van der Waals surface area contributed by atoms with Gasteiger partial charge in [-0.2, -0.15) is 0 Å². The van der Waals surface area contributed by atoms with Crippen LogP contribution in [0.1, 0.15) is 5.69 Å². The second kappa shape index (κ2) is 3.71. The molecule has 1 aromatic rings. The molecule has 0 saturated heterocycles. The molecule has 0 spiro atoms. The Labute approximate surface area is 65.0 Å². The van der Waals surface area contributed by atoms with Crippen LogP contribution >= 0.6 is 0 Å². The number of aromatic nitrogens is 1. The van der Waals surface area contributed by atoms with Gasteiger partial charge >= 0.3 is 5.97 Å². The summed E-state index contributed by atoms with van der Waals surface area (Å²) in [5.41, 5.74) is 0.704. The maximum absolute atomic E-state index is 10.7. The van der Waals surface area contributed by atoms with Crippen molar-refractivity contribution in [2.24, 2.45) is 0 Å². The largest absolute Gasteiger partial charge is 0.469 e. The lowest BCUT2D eigenvalue weighted by Gasteiger charge is -1.96. The van der Waals surface area contributed by atoms with Gasteiger partial charge in [0.2, 0.25) is 0 Å². The maximum atomic E-state index is 10.7. The van der Waals surface area contributed by atoms with Gasteiger partial charge in [-0.25, -0.2) is 0 Å². The molecule has 0 unspecified atom stereocenters. The van der Waals surface area contributed by atoms with Crippen LogP contribution in [-0.4, -0.2) is 18.1 Å². The van der Waals surface area contributed by atoms with Crippen LogP contribution in [0.5, 0.6) is 0 Å². The summed E-state index contributed by atoms with van der Waals surface area (Å²) in [7, 11) is 1.36. The smallest absolute Gasteiger partial charge is 0.311 e. The van der Waals surface area contributed by atoms with Gasteiger partial charge in [-0.1, -0.05) is 6.07 Å². The summed E-state index contributed by atoms with van der Waals surface area (Å²) in [6, 6.07) is 6.21. The molecule has 1 radical (unpaired) electrons. The van der Waals surface area contributed by atoms with Crippen LogP contribution in [0.2, 0.25) is 0 Å². The Morgan fingerprint density at radius 3 is 3.18 bits per heavy atom. The molecule has 0 aliphatic heterocycles. The van der Waals surface area contributed by atoms with E-state index < -0.39 is 0 Å². The van der Waals surface area contributed by atoms with Gasteiger partial charge in [-0.3, -0.25) is 9.78 Å². The zero-order valence-electron chi connectivity index (χ0n) is 6.20. The quantitative estimate of drug-likeness (QED) is 0.579. The lowest BCUT2D eigenvalue weighted by atomic mass is 10.3. The fourth-order valence-corrected chi connectivity index (χ4v) is 0.675. The second-order valence-electron chi connectivity index (χ2n) is 2.00. The lowest BCUT2D eigenvalue weighted by Crippen LogP contribution is -2.05. The first kappa shape index (κ1) is 7.72. The highest BCUT2D eigenvalue weighted by atomic mass is 16.5. The van der Waals surface area contributed by atoms with Crippen molar-refractivity contribution in [3.63, 3.8) is 0 Å². The fraction of sp³-hybridized carbons (Fsp3) is 0.250. The summed E-state index contributed by atoms with van der Waals surface area (Å²) < 4.78 is 4.46. The van der Waals surface area contributed by atoms with Crippen molar-refractivity contribution in [1.82, 2.24) is 4.98 Å². The van der Waals surface area contributed by atoms with Crippen LogP contribution in [0.15, 0.2) is 18.3 Å². The van der Waals surface area contributed by atoms with E-state index in [2.05, 4.69) is 15.8 Å². The minimum absolute atomic E-state index is 0.227. The molecule has 3 nitrogen and oxygen atoms in total. The van der Waals surface area contributed by atoms with Crippen molar-refractivity contribution in [2.45, 2.75) is 6.42 Å². The Morgan fingerprint density at radius 2 is 2.64 bits per heavy atom. The molecule has 0 bridgehead atoms. The number of carbonyl (C=O) groups is 1. The maximum Gasteiger partial charge on any atom is 0.311 e. The van der Waals surface area contributed by atoms with Crippen LogP contribution in [0.4, 0.5) is 0 Å². The number of esters is 1. The molecule has 0 saturated carbocycles. The van der Waals surface area contributed by atoms with Crippen molar-refractivity contribution in [3.8, 4) is 0 Å². The summed E-state index contributed by atoms with van der Waals surface area (Å²) in [6.07, 6.45) is 1.75. The number of nitrogens with zero attached hydrogens (tertiary/aromatic N) is 1. The highest BCUT2D eigenvalue weighted by molar-refractivity contribution is 5.71. The van der Waals surface area contributed by atoms with E-state index in [0.29, 0.717) is 5.69 Å². The molecule has 1 rings (SSSR count). The van der Waals surface area contributed by atoms with E-state index in [1.54, 1.807) is 12.1 Å². The number of pyridine rings is 1. The first-order chi connectivity index (χ1) is 5.33. The third-order valence-electron chi connectivity index (χ3n) is 1.23. The lowest BCUT2D eigenvalue weighted by molar-refractivity contribution is -0.139. The Hall–Kier alpha value is -1.38. The molecule has 0 atom stereocenters. The molecule has 3 heteroatoms. The number of carbonyl (C=O) groups excluding carboxylic acids is 1. The van der Waals surface area contributed by atoms with E-state index in [1.807, 2.05) is 0 Å². The Morgan fingerprint density at radius 1 is 1.82 bits per heavy atom. The van der Waals surface area contributed by atoms with Gasteiger partial charge in [-0.05, 0) is 6.07 Å².